The van der Waals surface area contributed by atoms with Crippen molar-refractivity contribution >= 4 is 20.9 Å². The second-order valence-electron chi connectivity index (χ2n) is 10.7. The minimum atomic E-state index is -3.75. The van der Waals surface area contributed by atoms with E-state index in [0.29, 0.717) is 24.9 Å². The highest BCUT2D eigenvalue weighted by Gasteiger charge is 2.72. The molecule has 1 saturated carbocycles. The molecule has 7 rings (SSSR count). The Balaban J connectivity index is 1.31. The summed E-state index contributed by atoms with van der Waals surface area (Å²) in [5.74, 6) is 0.629. The lowest BCUT2D eigenvalue weighted by Gasteiger charge is -2.27. The summed E-state index contributed by atoms with van der Waals surface area (Å²) in [6, 6.07) is 10.6. The summed E-state index contributed by atoms with van der Waals surface area (Å²) < 4.78 is 45.3. The average molecular weight is 531 g/mol. The van der Waals surface area contributed by atoms with Crippen LogP contribution in [0.15, 0.2) is 78.1 Å². The first-order valence-corrected chi connectivity index (χ1v) is 14.2. The number of sulfonamides is 1. The molecule has 0 radical (unpaired) electrons. The van der Waals surface area contributed by atoms with Crippen molar-refractivity contribution < 1.29 is 12.8 Å². The Labute approximate surface area is 220 Å². The normalized spacial score (nSPS) is 26.8. The van der Waals surface area contributed by atoms with Crippen molar-refractivity contribution in [1.29, 1.82) is 0 Å². The second kappa shape index (κ2) is 8.18. The summed E-state index contributed by atoms with van der Waals surface area (Å²) in [5, 5.41) is 13.3. The zero-order valence-corrected chi connectivity index (χ0v) is 21.9. The molecule has 1 unspecified atom stereocenters. The number of allylic oxidation sites excluding steroid dienone is 4. The van der Waals surface area contributed by atoms with E-state index in [0.717, 1.165) is 28.6 Å². The maximum absolute atomic E-state index is 13.5. The van der Waals surface area contributed by atoms with Crippen LogP contribution in [-0.4, -0.2) is 50.6 Å². The first kappa shape index (κ1) is 23.5. The Morgan fingerprint density at radius 2 is 1.95 bits per heavy atom. The monoisotopic (exact) mass is 530 g/mol. The maximum atomic E-state index is 13.5. The molecule has 2 fully saturated rings. The Hall–Kier alpha value is -3.63. The van der Waals surface area contributed by atoms with E-state index in [1.165, 1.54) is 28.6 Å². The van der Waals surface area contributed by atoms with Crippen molar-refractivity contribution in [3.63, 3.8) is 0 Å². The zero-order chi connectivity index (χ0) is 26.2. The molecule has 3 aliphatic rings. The lowest BCUT2D eigenvalue weighted by Crippen LogP contribution is -2.36. The van der Waals surface area contributed by atoms with Gasteiger partial charge in [-0.3, -0.25) is 4.68 Å². The Morgan fingerprint density at radius 1 is 1.13 bits per heavy atom. The highest BCUT2D eigenvalue weighted by molar-refractivity contribution is 7.89. The number of rotatable bonds is 5. The average Bonchev–Trinajstić information content (AvgIpc) is 3.34. The fourth-order valence-electron chi connectivity index (χ4n) is 6.86. The minimum Gasteiger partial charge on any atom is -0.254 e. The molecule has 38 heavy (non-hydrogen) atoms. The molecule has 194 valence electrons. The molecule has 8 nitrogen and oxygen atoms in total. The van der Waals surface area contributed by atoms with Gasteiger partial charge >= 0.3 is 0 Å². The fraction of sp³-hybridized carbons (Fsp3) is 0.321. The molecule has 3 heterocycles. The van der Waals surface area contributed by atoms with E-state index >= 15 is 0 Å². The van der Waals surface area contributed by atoms with Crippen molar-refractivity contribution in [3.05, 3.63) is 90.0 Å². The quantitative estimate of drug-likeness (QED) is 0.391. The SMILES string of the molecule is Cc1cc2c(cnn2-c2ccc(F)cc2)cc1[C@]12CN(S(=O)(=O)c3cn(C)nn3)C[C@H]1[C@@H]2C1C=CC=CC1. The standard InChI is InChI=1S/C28H27FN6O2S/c1-18-12-25-20(14-30-35(25)22-10-8-21(29)9-11-22)13-23(18)28-17-34(38(36,37)26-16-33(2)32-31-26)15-24(28)27(28)19-6-4-3-5-7-19/h3-6,8-14,16,19,24,27H,7,15,17H2,1-2H3/t19?,24-,27-,28+/m0/s1. The Bertz CT molecular complexity index is 1740. The molecule has 4 aromatic rings. The summed E-state index contributed by atoms with van der Waals surface area (Å²) in [6.07, 6.45) is 12.9. The predicted molar refractivity (Wildman–Crippen MR) is 141 cm³/mol. The first-order valence-electron chi connectivity index (χ1n) is 12.7. The van der Waals surface area contributed by atoms with Crippen molar-refractivity contribution in [2.24, 2.45) is 24.8 Å². The van der Waals surface area contributed by atoms with E-state index in [4.69, 9.17) is 0 Å². The summed E-state index contributed by atoms with van der Waals surface area (Å²) in [5.41, 5.74) is 3.72. The summed E-state index contributed by atoms with van der Waals surface area (Å²) in [6.45, 7) is 2.96. The molecule has 2 aromatic heterocycles. The van der Waals surface area contributed by atoms with E-state index < -0.39 is 10.0 Å². The third-order valence-electron chi connectivity index (χ3n) is 8.57. The summed E-state index contributed by atoms with van der Waals surface area (Å²) in [7, 11) is -2.09. The number of aromatic nitrogens is 5. The predicted octanol–water partition coefficient (Wildman–Crippen LogP) is 3.92. The number of piperidine rings is 1. The smallest absolute Gasteiger partial charge is 0.254 e. The number of halogens is 1. The Kier molecular flexibility index (Phi) is 5.06. The van der Waals surface area contributed by atoms with Gasteiger partial charge in [0.15, 0.2) is 0 Å². The van der Waals surface area contributed by atoms with Gasteiger partial charge in [0.25, 0.3) is 10.0 Å². The van der Waals surface area contributed by atoms with Crippen LogP contribution in [-0.2, 0) is 22.5 Å². The van der Waals surface area contributed by atoms with E-state index in [9.17, 15) is 12.8 Å². The number of fused-ring (bicyclic) bond motifs is 2. The molecule has 1 saturated heterocycles. The first-order chi connectivity index (χ1) is 18.3. The molecular formula is C28H27FN6O2S. The number of hydrogen-bond acceptors (Lipinski definition) is 5. The van der Waals surface area contributed by atoms with Gasteiger partial charge in [-0.2, -0.15) is 9.40 Å². The van der Waals surface area contributed by atoms with Crippen LogP contribution in [0.3, 0.4) is 0 Å². The highest BCUT2D eigenvalue weighted by atomic mass is 32.2. The van der Waals surface area contributed by atoms with Gasteiger partial charge in [-0.15, -0.1) is 5.10 Å². The highest BCUT2D eigenvalue weighted by Crippen LogP contribution is 2.69. The summed E-state index contributed by atoms with van der Waals surface area (Å²) in [4.78, 5) is 0. The fourth-order valence-corrected chi connectivity index (χ4v) is 8.29. The van der Waals surface area contributed by atoms with Crippen molar-refractivity contribution in [2.45, 2.75) is 23.8 Å². The Morgan fingerprint density at radius 3 is 2.66 bits per heavy atom. The van der Waals surface area contributed by atoms with Crippen molar-refractivity contribution in [2.75, 3.05) is 13.1 Å². The lowest BCUT2D eigenvalue weighted by molar-refractivity contribution is 0.360. The molecule has 10 heteroatoms. The van der Waals surface area contributed by atoms with E-state index in [2.05, 4.69) is 58.8 Å². The van der Waals surface area contributed by atoms with Gasteiger partial charge in [-0.05, 0) is 78.6 Å². The van der Waals surface area contributed by atoms with Gasteiger partial charge in [-0.25, -0.2) is 17.5 Å². The van der Waals surface area contributed by atoms with Gasteiger partial charge in [0, 0.05) is 30.9 Å². The van der Waals surface area contributed by atoms with Crippen molar-refractivity contribution in [3.8, 4) is 5.69 Å². The van der Waals surface area contributed by atoms with Crippen LogP contribution >= 0.6 is 0 Å². The molecule has 2 aliphatic carbocycles. The zero-order valence-electron chi connectivity index (χ0n) is 21.1. The third-order valence-corrected chi connectivity index (χ3v) is 10.2. The van der Waals surface area contributed by atoms with Crippen LogP contribution in [0.5, 0.6) is 0 Å². The molecular weight excluding hydrogens is 503 g/mol. The molecule has 0 bridgehead atoms. The third kappa shape index (κ3) is 3.36. The van der Waals surface area contributed by atoms with E-state index in [1.807, 2.05) is 10.9 Å². The number of benzene rings is 2. The van der Waals surface area contributed by atoms with Gasteiger partial charge in [0.1, 0.15) is 5.82 Å². The maximum Gasteiger partial charge on any atom is 0.264 e. The molecule has 0 amide bonds. The summed E-state index contributed by atoms with van der Waals surface area (Å²) >= 11 is 0. The number of nitrogens with zero attached hydrogens (tertiary/aromatic N) is 6. The molecule has 0 N–H and O–H groups in total. The topological polar surface area (TPSA) is 85.9 Å². The van der Waals surface area contributed by atoms with Crippen LogP contribution in [0.2, 0.25) is 0 Å². The number of aryl methyl sites for hydroxylation is 2. The number of hydrogen-bond donors (Lipinski definition) is 0. The largest absolute Gasteiger partial charge is 0.264 e. The lowest BCUT2D eigenvalue weighted by atomic mass is 9.83. The van der Waals surface area contributed by atoms with Crippen molar-refractivity contribution in [1.82, 2.24) is 29.1 Å². The molecule has 2 aromatic carbocycles. The van der Waals surface area contributed by atoms with Gasteiger partial charge in [0.05, 0.1) is 23.6 Å². The van der Waals surface area contributed by atoms with Gasteiger partial charge in [-0.1, -0.05) is 29.5 Å². The van der Waals surface area contributed by atoms with Crippen LogP contribution in [0.4, 0.5) is 4.39 Å². The second-order valence-corrected chi connectivity index (χ2v) is 12.6. The van der Waals surface area contributed by atoms with Crippen LogP contribution < -0.4 is 0 Å². The molecule has 0 spiro atoms. The van der Waals surface area contributed by atoms with Crippen LogP contribution in [0, 0.1) is 30.5 Å². The minimum absolute atomic E-state index is 0.0127. The van der Waals surface area contributed by atoms with E-state index in [-0.39, 0.29) is 22.2 Å². The molecule has 4 atom stereocenters. The molecule has 1 aliphatic heterocycles. The van der Waals surface area contributed by atoms with Crippen LogP contribution in [0.25, 0.3) is 16.6 Å². The van der Waals surface area contributed by atoms with Crippen LogP contribution in [0.1, 0.15) is 17.5 Å². The van der Waals surface area contributed by atoms with Gasteiger partial charge in [0.2, 0.25) is 5.03 Å². The van der Waals surface area contributed by atoms with Gasteiger partial charge < -0.3 is 0 Å². The van der Waals surface area contributed by atoms with E-state index in [1.54, 1.807) is 23.5 Å².